The van der Waals surface area contributed by atoms with Gasteiger partial charge in [-0.05, 0) is 35.7 Å². The van der Waals surface area contributed by atoms with Gasteiger partial charge in [0.25, 0.3) is 0 Å². The number of hydrogen-bond donors (Lipinski definition) is 1. The predicted octanol–water partition coefficient (Wildman–Crippen LogP) is 3.59. The summed E-state index contributed by atoms with van der Waals surface area (Å²) in [5, 5.41) is 15.6. The van der Waals surface area contributed by atoms with E-state index in [2.05, 4.69) is 72.2 Å². The molecule has 5 aromatic rings. The van der Waals surface area contributed by atoms with E-state index >= 15 is 0 Å². The maximum Gasteiger partial charge on any atom is 0.131 e. The molecule has 0 amide bonds. The molecule has 0 saturated carbocycles. The van der Waals surface area contributed by atoms with E-state index in [0.717, 1.165) is 58.0 Å². The Balaban J connectivity index is 0.00000264. The number of pyridine rings is 2. The predicted molar refractivity (Wildman–Crippen MR) is 150 cm³/mol. The van der Waals surface area contributed by atoms with Crippen molar-refractivity contribution in [1.29, 1.82) is 0 Å². The summed E-state index contributed by atoms with van der Waals surface area (Å²) in [5.41, 5.74) is 5.37. The number of nitrogens with zero attached hydrogens (tertiary/aromatic N) is 3. The van der Waals surface area contributed by atoms with Crippen molar-refractivity contribution in [3.05, 3.63) is 109 Å². The number of quaternary nitrogens is 1. The minimum Gasteiger partial charge on any atom is -1.00 e. The zero-order chi connectivity index (χ0) is 25.0. The zero-order valence-corrected chi connectivity index (χ0v) is 23.0. The minimum atomic E-state index is -0.555. The van der Waals surface area contributed by atoms with Crippen LogP contribution in [0.5, 0.6) is 0 Å². The van der Waals surface area contributed by atoms with Crippen molar-refractivity contribution in [1.82, 2.24) is 9.97 Å². The van der Waals surface area contributed by atoms with Gasteiger partial charge in [0.1, 0.15) is 18.7 Å². The van der Waals surface area contributed by atoms with Crippen molar-refractivity contribution >= 4 is 32.7 Å². The SMILES string of the molecule is C=C[C@H]1C[N+]2(Cc3c4ccccc4nc4ccccc34)CC[C@H]1C[C@@H]2[C@@H](O)c1ccnc2ccccc12.[Br-]. The van der Waals surface area contributed by atoms with E-state index in [9.17, 15) is 5.11 Å². The van der Waals surface area contributed by atoms with Crippen molar-refractivity contribution in [2.45, 2.75) is 31.5 Å². The molecule has 5 heterocycles. The lowest BCUT2D eigenvalue weighted by Gasteiger charge is -2.58. The van der Waals surface area contributed by atoms with E-state index in [1.807, 2.05) is 30.5 Å². The van der Waals surface area contributed by atoms with Crippen LogP contribution in [0, 0.1) is 11.8 Å². The third-order valence-corrected chi connectivity index (χ3v) is 9.21. The molecule has 3 aliphatic rings. The smallest absolute Gasteiger partial charge is 0.131 e. The molecule has 8 rings (SSSR count). The van der Waals surface area contributed by atoms with Crippen LogP contribution in [0.25, 0.3) is 32.7 Å². The molecule has 0 radical (unpaired) electrons. The quantitative estimate of drug-likeness (QED) is 0.201. The number of para-hydroxylation sites is 3. The molecule has 0 aliphatic carbocycles. The summed E-state index contributed by atoms with van der Waals surface area (Å²) in [4.78, 5) is 9.54. The Kier molecular flexibility index (Phi) is 6.55. The van der Waals surface area contributed by atoms with Crippen LogP contribution in [0.4, 0.5) is 0 Å². The molecule has 38 heavy (non-hydrogen) atoms. The van der Waals surface area contributed by atoms with E-state index < -0.39 is 6.10 Å². The van der Waals surface area contributed by atoms with Gasteiger partial charge in [0, 0.05) is 46.7 Å². The molecule has 2 aromatic heterocycles. The number of benzene rings is 3. The number of halogens is 1. The molecular formula is C33H32BrN3O. The Morgan fingerprint density at radius 3 is 2.21 bits per heavy atom. The zero-order valence-electron chi connectivity index (χ0n) is 21.4. The van der Waals surface area contributed by atoms with Crippen LogP contribution in [0.3, 0.4) is 0 Å². The molecule has 3 aliphatic heterocycles. The average Bonchev–Trinajstić information content (AvgIpc) is 2.96. The molecule has 4 nitrogen and oxygen atoms in total. The summed E-state index contributed by atoms with van der Waals surface area (Å²) < 4.78 is 0.878. The maximum atomic E-state index is 12.1. The fraction of sp³-hybridized carbons (Fsp3) is 0.273. The van der Waals surface area contributed by atoms with Crippen LogP contribution in [-0.2, 0) is 6.54 Å². The minimum absolute atomic E-state index is 0. The van der Waals surface area contributed by atoms with Crippen LogP contribution >= 0.6 is 0 Å². The highest BCUT2D eigenvalue weighted by molar-refractivity contribution is 5.97. The maximum absolute atomic E-state index is 12.1. The number of aliphatic hydroxyl groups excluding tert-OH is 1. The van der Waals surface area contributed by atoms with Crippen molar-refractivity contribution in [2.75, 3.05) is 13.1 Å². The molecular weight excluding hydrogens is 534 g/mol. The molecule has 0 spiro atoms. The van der Waals surface area contributed by atoms with Gasteiger partial charge in [-0.1, -0.05) is 60.7 Å². The van der Waals surface area contributed by atoms with Gasteiger partial charge in [-0.3, -0.25) is 4.98 Å². The lowest BCUT2D eigenvalue weighted by molar-refractivity contribution is -0.984. The first-order valence-corrected chi connectivity index (χ1v) is 13.4. The monoisotopic (exact) mass is 565 g/mol. The summed E-state index contributed by atoms with van der Waals surface area (Å²) in [6, 6.07) is 27.4. The van der Waals surface area contributed by atoms with Crippen molar-refractivity contribution in [3.63, 3.8) is 0 Å². The van der Waals surface area contributed by atoms with Crippen LogP contribution in [0.15, 0.2) is 97.7 Å². The Morgan fingerprint density at radius 2 is 1.53 bits per heavy atom. The highest BCUT2D eigenvalue weighted by Crippen LogP contribution is 2.48. The summed E-state index contributed by atoms with van der Waals surface area (Å²) in [6.07, 6.45) is 5.65. The van der Waals surface area contributed by atoms with Gasteiger partial charge in [0.05, 0.1) is 29.6 Å². The van der Waals surface area contributed by atoms with Gasteiger partial charge in [-0.25, -0.2) is 4.98 Å². The Hall–Kier alpha value is -3.12. The number of aliphatic hydroxyl groups is 1. The topological polar surface area (TPSA) is 46.0 Å². The molecule has 3 saturated heterocycles. The molecule has 3 fully saturated rings. The van der Waals surface area contributed by atoms with Crippen molar-refractivity contribution in [3.8, 4) is 0 Å². The summed E-state index contributed by atoms with van der Waals surface area (Å²) in [6.45, 7) is 7.19. The van der Waals surface area contributed by atoms with Gasteiger partial charge in [0.15, 0.2) is 0 Å². The number of rotatable bonds is 5. The Morgan fingerprint density at radius 1 is 0.895 bits per heavy atom. The summed E-state index contributed by atoms with van der Waals surface area (Å²) >= 11 is 0. The summed E-state index contributed by atoms with van der Waals surface area (Å²) in [7, 11) is 0. The molecule has 5 heteroatoms. The molecule has 1 unspecified atom stereocenters. The average molecular weight is 567 g/mol. The van der Waals surface area contributed by atoms with Gasteiger partial charge in [-0.2, -0.15) is 0 Å². The number of hydrogen-bond acceptors (Lipinski definition) is 3. The van der Waals surface area contributed by atoms with Crippen LogP contribution in [0.2, 0.25) is 0 Å². The Bertz CT molecular complexity index is 1590. The number of fused-ring (bicyclic) bond motifs is 6. The van der Waals surface area contributed by atoms with E-state index in [-0.39, 0.29) is 23.0 Å². The van der Waals surface area contributed by atoms with Gasteiger partial charge < -0.3 is 26.6 Å². The van der Waals surface area contributed by atoms with Crippen molar-refractivity contribution in [2.24, 2.45) is 11.8 Å². The van der Waals surface area contributed by atoms with Crippen molar-refractivity contribution < 1.29 is 26.6 Å². The highest BCUT2D eigenvalue weighted by Gasteiger charge is 2.54. The first-order valence-electron chi connectivity index (χ1n) is 13.4. The second-order valence-corrected chi connectivity index (χ2v) is 11.0. The van der Waals surface area contributed by atoms with E-state index in [0.29, 0.717) is 11.8 Å². The fourth-order valence-electron chi connectivity index (χ4n) is 7.38. The second-order valence-electron chi connectivity index (χ2n) is 11.0. The van der Waals surface area contributed by atoms with Gasteiger partial charge in [-0.15, -0.1) is 6.58 Å². The molecule has 5 atom stereocenters. The number of piperidine rings is 3. The highest BCUT2D eigenvalue weighted by atomic mass is 79.9. The van der Waals surface area contributed by atoms with Gasteiger partial charge in [0.2, 0.25) is 0 Å². The molecule has 192 valence electrons. The van der Waals surface area contributed by atoms with Gasteiger partial charge >= 0.3 is 0 Å². The van der Waals surface area contributed by atoms with Crippen LogP contribution in [-0.4, -0.2) is 38.7 Å². The van der Waals surface area contributed by atoms with Crippen LogP contribution < -0.4 is 17.0 Å². The third-order valence-electron chi connectivity index (χ3n) is 9.21. The second kappa shape index (κ2) is 9.88. The third kappa shape index (κ3) is 3.96. The van der Waals surface area contributed by atoms with E-state index in [1.54, 1.807) is 0 Å². The fourth-order valence-corrected chi connectivity index (χ4v) is 7.38. The lowest BCUT2D eigenvalue weighted by atomic mass is 9.71. The first-order chi connectivity index (χ1) is 18.2. The molecule has 1 N–H and O–H groups in total. The number of aromatic nitrogens is 2. The normalized spacial score (nSPS) is 25.3. The van der Waals surface area contributed by atoms with E-state index in [1.165, 1.54) is 22.8 Å². The standard InChI is InChI=1S/C33H32N3O.BrH/c1-2-22-20-36(21-28-25-10-4-7-13-30(25)35-31-14-8-5-11-26(28)31)18-16-23(22)19-32(36)33(37)27-15-17-34-29-12-6-3-9-24(27)29;/h2-15,17,22-23,32-33,37H,1,16,18-21H2;1H/q+1;/p-1/t22-,23-,32+,33-,36?;/m0./s1. The Labute approximate surface area is 234 Å². The lowest BCUT2D eigenvalue weighted by Crippen LogP contribution is -3.00. The summed E-state index contributed by atoms with van der Waals surface area (Å²) in [5.74, 6) is 1.06. The molecule has 3 aromatic carbocycles. The van der Waals surface area contributed by atoms with E-state index in [4.69, 9.17) is 4.98 Å². The first kappa shape index (κ1) is 25.2. The largest absolute Gasteiger partial charge is 1.00 e. The van der Waals surface area contributed by atoms with Crippen LogP contribution in [0.1, 0.15) is 30.1 Å². The molecule has 2 bridgehead atoms.